The minimum absolute atomic E-state index is 0.00988. The zero-order valence-electron chi connectivity index (χ0n) is 26.1. The van der Waals surface area contributed by atoms with Crippen LogP contribution in [0, 0.1) is 13.8 Å². The number of benzene rings is 4. The molecule has 2 amide bonds. The van der Waals surface area contributed by atoms with Crippen LogP contribution >= 0.6 is 11.6 Å². The van der Waals surface area contributed by atoms with Gasteiger partial charge >= 0.3 is 0 Å². The molecule has 0 heterocycles. The highest BCUT2D eigenvalue weighted by Crippen LogP contribution is 2.29. The predicted molar refractivity (Wildman–Crippen MR) is 181 cm³/mol. The monoisotopic (exact) mass is 645 g/mol. The standard InChI is InChI=1S/C36H40ClN3O4S/c1-5-28(4)38-36(42)34(23-29-14-8-6-9-15-29)39(24-30-16-12-13-19-32(30)37)35(41)25-40(33-22-26(2)20-21-27(33)3)45(43,44)31-17-10-7-11-18-31/h6-22,28,34H,5,23-25H2,1-4H3,(H,38,42)/t28-,34-/m0/s1. The van der Waals surface area contributed by atoms with E-state index in [0.717, 1.165) is 15.4 Å². The van der Waals surface area contributed by atoms with Crippen molar-refractivity contribution in [3.05, 3.63) is 130 Å². The van der Waals surface area contributed by atoms with Gasteiger partial charge in [-0.15, -0.1) is 0 Å². The molecule has 1 N–H and O–H groups in total. The van der Waals surface area contributed by atoms with Gasteiger partial charge in [-0.1, -0.05) is 97.4 Å². The molecule has 4 aromatic rings. The van der Waals surface area contributed by atoms with Crippen LogP contribution in [0.3, 0.4) is 0 Å². The molecule has 45 heavy (non-hydrogen) atoms. The van der Waals surface area contributed by atoms with Crippen molar-refractivity contribution in [1.29, 1.82) is 0 Å². The molecule has 7 nitrogen and oxygen atoms in total. The van der Waals surface area contributed by atoms with Gasteiger partial charge in [0.25, 0.3) is 10.0 Å². The van der Waals surface area contributed by atoms with Crippen LogP contribution in [-0.2, 0) is 32.6 Å². The van der Waals surface area contributed by atoms with Gasteiger partial charge in [0.15, 0.2) is 0 Å². The van der Waals surface area contributed by atoms with Gasteiger partial charge in [0, 0.05) is 24.0 Å². The summed E-state index contributed by atoms with van der Waals surface area (Å²) in [7, 11) is -4.17. The van der Waals surface area contributed by atoms with Gasteiger partial charge in [0.2, 0.25) is 11.8 Å². The molecule has 0 spiro atoms. The Morgan fingerprint density at radius 2 is 1.49 bits per heavy atom. The fourth-order valence-electron chi connectivity index (χ4n) is 5.03. The molecule has 0 bridgehead atoms. The first-order chi connectivity index (χ1) is 21.5. The number of carbonyl (C=O) groups is 2. The number of carbonyl (C=O) groups excluding carboxylic acids is 2. The topological polar surface area (TPSA) is 86.8 Å². The first-order valence-corrected chi connectivity index (χ1v) is 16.8. The van der Waals surface area contributed by atoms with Crippen LogP contribution in [0.2, 0.25) is 5.02 Å². The molecule has 0 fully saturated rings. The van der Waals surface area contributed by atoms with E-state index in [1.54, 1.807) is 42.5 Å². The third kappa shape index (κ3) is 8.53. The predicted octanol–water partition coefficient (Wildman–Crippen LogP) is 6.71. The molecule has 0 saturated heterocycles. The number of sulfonamides is 1. The van der Waals surface area contributed by atoms with Crippen molar-refractivity contribution >= 4 is 39.1 Å². The quantitative estimate of drug-likeness (QED) is 0.175. The van der Waals surface area contributed by atoms with Gasteiger partial charge < -0.3 is 10.2 Å². The third-order valence-electron chi connectivity index (χ3n) is 7.81. The van der Waals surface area contributed by atoms with Crippen molar-refractivity contribution in [3.63, 3.8) is 0 Å². The minimum atomic E-state index is -4.17. The van der Waals surface area contributed by atoms with Crippen molar-refractivity contribution in [1.82, 2.24) is 10.2 Å². The summed E-state index contributed by atoms with van der Waals surface area (Å²) in [6.45, 7) is 7.06. The zero-order valence-corrected chi connectivity index (χ0v) is 27.7. The fraction of sp³-hybridized carbons (Fsp3) is 0.278. The zero-order chi connectivity index (χ0) is 32.6. The number of halogens is 1. The van der Waals surface area contributed by atoms with Crippen molar-refractivity contribution < 1.29 is 18.0 Å². The number of nitrogens with zero attached hydrogens (tertiary/aromatic N) is 2. The normalized spacial score (nSPS) is 12.6. The molecule has 2 atom stereocenters. The van der Waals surface area contributed by atoms with Gasteiger partial charge in [-0.25, -0.2) is 8.42 Å². The lowest BCUT2D eigenvalue weighted by Gasteiger charge is -2.35. The molecule has 0 aliphatic carbocycles. The molecule has 0 aliphatic heterocycles. The first kappa shape index (κ1) is 33.7. The van der Waals surface area contributed by atoms with Gasteiger partial charge in [0.1, 0.15) is 12.6 Å². The van der Waals surface area contributed by atoms with Gasteiger partial charge in [0.05, 0.1) is 10.6 Å². The number of amides is 2. The third-order valence-corrected chi connectivity index (χ3v) is 9.96. The molecule has 236 valence electrons. The van der Waals surface area contributed by atoms with Crippen molar-refractivity contribution in [3.8, 4) is 0 Å². The lowest BCUT2D eigenvalue weighted by molar-refractivity contribution is -0.140. The highest BCUT2D eigenvalue weighted by atomic mass is 35.5. The molecule has 0 aliphatic rings. The highest BCUT2D eigenvalue weighted by molar-refractivity contribution is 7.92. The Morgan fingerprint density at radius 1 is 0.867 bits per heavy atom. The Kier molecular flexibility index (Phi) is 11.4. The number of nitrogens with one attached hydrogen (secondary N) is 1. The second-order valence-electron chi connectivity index (χ2n) is 11.3. The number of hydrogen-bond acceptors (Lipinski definition) is 4. The summed E-state index contributed by atoms with van der Waals surface area (Å²) in [5.74, 6) is -0.853. The van der Waals surface area contributed by atoms with Crippen molar-refractivity contribution in [2.45, 2.75) is 64.1 Å². The SMILES string of the molecule is CC[C@H](C)NC(=O)[C@H](Cc1ccccc1)N(Cc1ccccc1Cl)C(=O)CN(c1cc(C)ccc1C)S(=O)(=O)c1ccccc1. The van der Waals surface area contributed by atoms with Crippen LogP contribution in [0.4, 0.5) is 5.69 Å². The second kappa shape index (κ2) is 15.2. The van der Waals surface area contributed by atoms with Gasteiger partial charge in [-0.05, 0) is 73.7 Å². The number of aryl methyl sites for hydroxylation is 2. The van der Waals surface area contributed by atoms with E-state index in [-0.39, 0.29) is 29.8 Å². The highest BCUT2D eigenvalue weighted by Gasteiger charge is 2.35. The van der Waals surface area contributed by atoms with Crippen LogP contribution in [0.15, 0.2) is 108 Å². The molecule has 0 aromatic heterocycles. The molecule has 0 radical (unpaired) electrons. The largest absolute Gasteiger partial charge is 0.352 e. The lowest BCUT2D eigenvalue weighted by atomic mass is 10.0. The number of hydrogen-bond donors (Lipinski definition) is 1. The Balaban J connectivity index is 1.84. The Hall–Kier alpha value is -4.14. The van der Waals surface area contributed by atoms with E-state index in [1.165, 1.54) is 17.0 Å². The first-order valence-electron chi connectivity index (χ1n) is 15.0. The van der Waals surface area contributed by atoms with Crippen LogP contribution in [-0.4, -0.2) is 43.8 Å². The summed E-state index contributed by atoms with van der Waals surface area (Å²) in [5, 5.41) is 3.49. The van der Waals surface area contributed by atoms with Crippen molar-refractivity contribution in [2.24, 2.45) is 0 Å². The molecule has 9 heteroatoms. The van der Waals surface area contributed by atoms with E-state index in [1.807, 2.05) is 76.2 Å². The maximum Gasteiger partial charge on any atom is 0.264 e. The number of rotatable bonds is 13. The van der Waals surface area contributed by atoms with Crippen LogP contribution in [0.25, 0.3) is 0 Å². The van der Waals surface area contributed by atoms with E-state index in [9.17, 15) is 18.0 Å². The molecule has 4 aromatic carbocycles. The molecule has 0 unspecified atom stereocenters. The fourth-order valence-corrected chi connectivity index (χ4v) is 6.71. The van der Waals surface area contributed by atoms with E-state index in [2.05, 4.69) is 5.32 Å². The van der Waals surface area contributed by atoms with Crippen LogP contribution in [0.1, 0.15) is 42.5 Å². The lowest BCUT2D eigenvalue weighted by Crippen LogP contribution is -2.54. The Bertz CT molecular complexity index is 1720. The summed E-state index contributed by atoms with van der Waals surface area (Å²) >= 11 is 6.57. The van der Waals surface area contributed by atoms with Gasteiger partial charge in [-0.3, -0.25) is 13.9 Å². The summed E-state index contributed by atoms with van der Waals surface area (Å²) in [6.07, 6.45) is 0.937. The summed E-state index contributed by atoms with van der Waals surface area (Å²) < 4.78 is 29.6. The van der Waals surface area contributed by atoms with E-state index >= 15 is 0 Å². The summed E-state index contributed by atoms with van der Waals surface area (Å²) in [6, 6.07) is 29.1. The van der Waals surface area contributed by atoms with E-state index in [4.69, 9.17) is 11.6 Å². The number of anilines is 1. The Morgan fingerprint density at radius 3 is 2.13 bits per heavy atom. The molecule has 4 rings (SSSR count). The average Bonchev–Trinajstić information content (AvgIpc) is 3.04. The molecular weight excluding hydrogens is 606 g/mol. The van der Waals surface area contributed by atoms with E-state index < -0.39 is 28.5 Å². The van der Waals surface area contributed by atoms with Crippen LogP contribution < -0.4 is 9.62 Å². The maximum absolute atomic E-state index is 14.6. The van der Waals surface area contributed by atoms with Gasteiger partial charge in [-0.2, -0.15) is 0 Å². The molecule has 0 saturated carbocycles. The minimum Gasteiger partial charge on any atom is -0.352 e. The summed E-state index contributed by atoms with van der Waals surface area (Å²) in [5.41, 5.74) is 3.45. The van der Waals surface area contributed by atoms with Crippen LogP contribution in [0.5, 0.6) is 0 Å². The molecular formula is C36H40ClN3O4S. The average molecular weight is 646 g/mol. The second-order valence-corrected chi connectivity index (χ2v) is 13.5. The van der Waals surface area contributed by atoms with E-state index in [0.29, 0.717) is 28.3 Å². The summed E-state index contributed by atoms with van der Waals surface area (Å²) in [4.78, 5) is 30.1. The smallest absolute Gasteiger partial charge is 0.264 e. The Labute approximate surface area is 271 Å². The van der Waals surface area contributed by atoms with Crippen molar-refractivity contribution in [2.75, 3.05) is 10.8 Å². The maximum atomic E-state index is 14.6.